The molecule has 0 aromatic heterocycles. The zero-order chi connectivity index (χ0) is 15.4. The lowest BCUT2D eigenvalue weighted by molar-refractivity contribution is 0.409. The summed E-state index contributed by atoms with van der Waals surface area (Å²) in [7, 11) is -3.26. The van der Waals surface area contributed by atoms with Crippen molar-refractivity contribution in [1.82, 2.24) is 0 Å². The van der Waals surface area contributed by atoms with Gasteiger partial charge in [0.25, 0.3) is 0 Å². The van der Waals surface area contributed by atoms with E-state index in [1.165, 1.54) is 0 Å². The Kier molecular flexibility index (Phi) is 4.09. The van der Waals surface area contributed by atoms with Gasteiger partial charge in [0.15, 0.2) is 0 Å². The Labute approximate surface area is 131 Å². The summed E-state index contributed by atoms with van der Waals surface area (Å²) in [4.78, 5) is 11.4. The second-order valence-corrected chi connectivity index (χ2v) is 7.94. The third-order valence-electron chi connectivity index (χ3n) is 3.62. The smallest absolute Gasteiger partial charge is 0.465 e. The highest BCUT2D eigenvalue weighted by Crippen LogP contribution is 2.16. The molecule has 0 fully saturated rings. The van der Waals surface area contributed by atoms with E-state index in [2.05, 4.69) is 0 Å². The molecule has 22 heavy (non-hydrogen) atoms. The summed E-state index contributed by atoms with van der Waals surface area (Å²) in [6.07, 6.45) is 0. The summed E-state index contributed by atoms with van der Waals surface area (Å²) in [6, 6.07) is 27.1. The highest BCUT2D eigenvalue weighted by atomic mass is 28.4. The quantitative estimate of drug-likeness (QED) is 0.751. The maximum absolute atomic E-state index is 11.4. The van der Waals surface area contributed by atoms with Crippen LogP contribution in [0.25, 0.3) is 0 Å². The fourth-order valence-electron chi connectivity index (χ4n) is 2.39. The van der Waals surface area contributed by atoms with Crippen molar-refractivity contribution in [3.8, 4) is 5.75 Å². The Bertz CT molecular complexity index is 685. The van der Waals surface area contributed by atoms with E-state index in [0.29, 0.717) is 5.75 Å². The second-order valence-electron chi connectivity index (χ2n) is 5.29. The predicted octanol–water partition coefficient (Wildman–Crippen LogP) is 2.62. The first-order valence-corrected chi connectivity index (χ1v) is 9.13. The van der Waals surface area contributed by atoms with Gasteiger partial charge in [0.1, 0.15) is 5.75 Å². The average Bonchev–Trinajstić information content (AvgIpc) is 2.58. The van der Waals surface area contributed by atoms with Crippen molar-refractivity contribution in [3.05, 3.63) is 90.5 Å². The number of benzene rings is 3. The Morgan fingerprint density at radius 1 is 0.682 bits per heavy atom. The number of hydrogen-bond acceptors (Lipinski definition) is 2. The lowest BCUT2D eigenvalue weighted by Crippen LogP contribution is -2.63. The molecule has 3 aromatic carbocycles. The van der Waals surface area contributed by atoms with Gasteiger partial charge in [-0.2, -0.15) is 0 Å². The highest BCUT2D eigenvalue weighted by molar-refractivity contribution is 6.92. The summed E-state index contributed by atoms with van der Waals surface area (Å²) in [5.74, 6) is 0.687. The van der Waals surface area contributed by atoms with E-state index in [-0.39, 0.29) is 0 Å². The molecule has 0 aliphatic rings. The predicted molar refractivity (Wildman–Crippen MR) is 91.9 cm³/mol. The van der Waals surface area contributed by atoms with Crippen molar-refractivity contribution in [1.29, 1.82) is 0 Å². The van der Waals surface area contributed by atoms with Gasteiger partial charge in [-0.05, 0) is 19.1 Å². The summed E-state index contributed by atoms with van der Waals surface area (Å²) in [5, 5.41) is 1.67. The molecule has 1 N–H and O–H groups in total. The van der Waals surface area contributed by atoms with Crippen LogP contribution >= 0.6 is 0 Å². The van der Waals surface area contributed by atoms with Crippen molar-refractivity contribution in [2.24, 2.45) is 0 Å². The Balaban J connectivity index is 2.05. The molecule has 0 saturated carbocycles. The number of aryl methyl sites for hydroxylation is 1. The molecule has 0 radical (unpaired) electrons. The molecule has 0 heterocycles. The first kappa shape index (κ1) is 14.6. The van der Waals surface area contributed by atoms with E-state index in [1.54, 1.807) is 0 Å². The molecule has 3 aromatic rings. The molecule has 0 saturated heterocycles. The molecule has 0 unspecified atom stereocenters. The van der Waals surface area contributed by atoms with E-state index < -0.39 is 8.56 Å². The molecule has 2 nitrogen and oxygen atoms in total. The average molecular weight is 306 g/mol. The van der Waals surface area contributed by atoms with E-state index >= 15 is 0 Å². The van der Waals surface area contributed by atoms with E-state index in [0.717, 1.165) is 15.9 Å². The van der Waals surface area contributed by atoms with Gasteiger partial charge in [-0.25, -0.2) is 0 Å². The Morgan fingerprint density at radius 3 is 1.59 bits per heavy atom. The molecule has 3 heteroatoms. The molecular formula is C19H18O2Si. The molecule has 3 rings (SSSR count). The lowest BCUT2D eigenvalue weighted by Gasteiger charge is -2.26. The van der Waals surface area contributed by atoms with E-state index in [4.69, 9.17) is 4.43 Å². The summed E-state index contributed by atoms with van der Waals surface area (Å²) in [5.41, 5.74) is 1.16. The monoisotopic (exact) mass is 306 g/mol. The van der Waals surface area contributed by atoms with Crippen LogP contribution < -0.4 is 14.8 Å². The molecule has 0 aliphatic carbocycles. The van der Waals surface area contributed by atoms with E-state index in [9.17, 15) is 4.80 Å². The standard InChI is InChI=1S/C19H18O2Si/c1-16-12-14-17(15-13-16)21-22(20,18-8-4-2-5-9-18)19-10-6-3-7-11-19/h2-15,20H,1H3. The van der Waals surface area contributed by atoms with E-state index in [1.807, 2.05) is 91.9 Å². The summed E-state index contributed by atoms with van der Waals surface area (Å²) >= 11 is 0. The fraction of sp³-hybridized carbons (Fsp3) is 0.0526. The minimum atomic E-state index is -3.26. The maximum Gasteiger partial charge on any atom is 0.465 e. The van der Waals surface area contributed by atoms with Gasteiger partial charge in [0, 0.05) is 10.4 Å². The van der Waals surface area contributed by atoms with Crippen LogP contribution in [0, 0.1) is 6.92 Å². The van der Waals surface area contributed by atoms with Crippen LogP contribution in [0.5, 0.6) is 5.75 Å². The van der Waals surface area contributed by atoms with Crippen LogP contribution in [0.2, 0.25) is 0 Å². The maximum atomic E-state index is 11.4. The summed E-state index contributed by atoms with van der Waals surface area (Å²) in [6.45, 7) is 2.03. The largest absolute Gasteiger partial charge is 0.514 e. The third-order valence-corrected chi connectivity index (χ3v) is 6.38. The zero-order valence-corrected chi connectivity index (χ0v) is 13.4. The molecule has 0 atom stereocenters. The van der Waals surface area contributed by atoms with Crippen molar-refractivity contribution in [3.63, 3.8) is 0 Å². The highest BCUT2D eigenvalue weighted by Gasteiger charge is 2.41. The molecular weight excluding hydrogens is 288 g/mol. The normalized spacial score (nSPS) is 11.2. The van der Waals surface area contributed by atoms with Crippen LogP contribution in [0.3, 0.4) is 0 Å². The lowest BCUT2D eigenvalue weighted by atomic mass is 10.2. The second kappa shape index (κ2) is 6.18. The van der Waals surface area contributed by atoms with Crippen LogP contribution in [-0.2, 0) is 0 Å². The van der Waals surface area contributed by atoms with Crippen LogP contribution in [-0.4, -0.2) is 13.4 Å². The molecule has 0 bridgehead atoms. The van der Waals surface area contributed by atoms with Crippen LogP contribution in [0.1, 0.15) is 5.56 Å². The Hall–Kier alpha value is -2.36. The third kappa shape index (κ3) is 2.96. The van der Waals surface area contributed by atoms with Gasteiger partial charge >= 0.3 is 8.56 Å². The molecule has 110 valence electrons. The van der Waals surface area contributed by atoms with Crippen molar-refractivity contribution >= 4 is 18.9 Å². The first-order chi connectivity index (χ1) is 10.7. The SMILES string of the molecule is Cc1ccc(O[Si](O)(c2ccccc2)c2ccccc2)cc1. The minimum absolute atomic E-state index is 0.687. The summed E-state index contributed by atoms with van der Waals surface area (Å²) < 4.78 is 6.12. The van der Waals surface area contributed by atoms with Gasteiger partial charge in [0.05, 0.1) is 0 Å². The van der Waals surface area contributed by atoms with Gasteiger partial charge < -0.3 is 9.22 Å². The molecule has 0 aliphatic heterocycles. The van der Waals surface area contributed by atoms with Crippen molar-refractivity contribution in [2.75, 3.05) is 0 Å². The first-order valence-electron chi connectivity index (χ1n) is 7.27. The van der Waals surface area contributed by atoms with Gasteiger partial charge in [-0.15, -0.1) is 0 Å². The zero-order valence-electron chi connectivity index (χ0n) is 12.4. The molecule has 0 spiro atoms. The van der Waals surface area contributed by atoms with Crippen LogP contribution in [0.4, 0.5) is 0 Å². The van der Waals surface area contributed by atoms with Crippen molar-refractivity contribution < 1.29 is 9.22 Å². The fourth-order valence-corrected chi connectivity index (χ4v) is 4.72. The van der Waals surface area contributed by atoms with Gasteiger partial charge in [-0.3, -0.25) is 0 Å². The number of hydrogen-bond donors (Lipinski definition) is 1. The van der Waals surface area contributed by atoms with Gasteiger partial charge in [0.2, 0.25) is 0 Å². The van der Waals surface area contributed by atoms with Gasteiger partial charge in [-0.1, -0.05) is 78.4 Å². The minimum Gasteiger partial charge on any atom is -0.514 e. The van der Waals surface area contributed by atoms with Crippen LogP contribution in [0.15, 0.2) is 84.9 Å². The number of rotatable bonds is 4. The Morgan fingerprint density at radius 2 is 1.14 bits per heavy atom. The topological polar surface area (TPSA) is 29.5 Å². The molecule has 0 amide bonds. The van der Waals surface area contributed by atoms with Crippen molar-refractivity contribution in [2.45, 2.75) is 6.92 Å².